The Morgan fingerprint density at radius 2 is 2.21 bits per heavy atom. The summed E-state index contributed by atoms with van der Waals surface area (Å²) in [6.45, 7) is 7.22. The van der Waals surface area contributed by atoms with Gasteiger partial charge in [0.05, 0.1) is 5.69 Å². The predicted octanol–water partition coefficient (Wildman–Crippen LogP) is 2.59. The van der Waals surface area contributed by atoms with Crippen molar-refractivity contribution in [3.05, 3.63) is 15.6 Å². The third-order valence-corrected chi connectivity index (χ3v) is 4.36. The zero-order chi connectivity index (χ0) is 10.6. The quantitative estimate of drug-likeness (QED) is 0.845. The second kappa shape index (κ2) is 5.73. The number of aromatic nitrogens is 1. The van der Waals surface area contributed by atoms with Crippen LogP contribution in [0.15, 0.2) is 0 Å². The lowest BCUT2D eigenvalue weighted by Crippen LogP contribution is -2.01. The second-order valence-corrected chi connectivity index (χ2v) is 6.25. The highest BCUT2D eigenvalue weighted by atomic mass is 32.2. The van der Waals surface area contributed by atoms with Gasteiger partial charge in [-0.3, -0.25) is 0 Å². The number of hydrogen-bond acceptors (Lipinski definition) is 4. The Hall–Kier alpha value is -0.0600. The van der Waals surface area contributed by atoms with Crippen LogP contribution in [0.1, 0.15) is 29.4 Å². The molecule has 2 N–H and O–H groups in total. The van der Waals surface area contributed by atoms with Gasteiger partial charge in [0, 0.05) is 10.6 Å². The molecule has 0 spiro atoms. The number of thioether (sulfide) groups is 1. The van der Waals surface area contributed by atoms with Crippen LogP contribution in [0.4, 0.5) is 0 Å². The van der Waals surface area contributed by atoms with Crippen LogP contribution < -0.4 is 5.73 Å². The molecule has 0 saturated heterocycles. The maximum Gasteiger partial charge on any atom is 0.103 e. The van der Waals surface area contributed by atoms with E-state index in [-0.39, 0.29) is 0 Å². The molecule has 2 nitrogen and oxygen atoms in total. The summed E-state index contributed by atoms with van der Waals surface area (Å²) in [5.74, 6) is 1.04. The monoisotopic (exact) mass is 230 g/mol. The highest BCUT2D eigenvalue weighted by molar-refractivity contribution is 7.99. The Labute approximate surface area is 94.3 Å². The number of aryl methyl sites for hydroxylation is 1. The van der Waals surface area contributed by atoms with Gasteiger partial charge in [-0.25, -0.2) is 4.98 Å². The van der Waals surface area contributed by atoms with E-state index in [1.807, 2.05) is 23.1 Å². The molecule has 80 valence electrons. The van der Waals surface area contributed by atoms with Gasteiger partial charge in [0.1, 0.15) is 5.01 Å². The molecule has 14 heavy (non-hydrogen) atoms. The Kier molecular flexibility index (Phi) is 4.92. The average Bonchev–Trinajstić information content (AvgIpc) is 2.45. The molecule has 1 aromatic heterocycles. The molecule has 0 amide bonds. The molecule has 0 aliphatic heterocycles. The SMILES string of the molecule is Cc1nc(CSC(C)C)sc1CCN. The average molecular weight is 230 g/mol. The van der Waals surface area contributed by atoms with Crippen LogP contribution in [0, 0.1) is 6.92 Å². The molecule has 0 bridgehead atoms. The number of nitrogens with two attached hydrogens (primary N) is 1. The molecule has 1 aromatic rings. The van der Waals surface area contributed by atoms with E-state index in [0.717, 1.165) is 18.7 Å². The van der Waals surface area contributed by atoms with Gasteiger partial charge in [-0.05, 0) is 25.1 Å². The van der Waals surface area contributed by atoms with Gasteiger partial charge in [0.15, 0.2) is 0 Å². The first-order chi connectivity index (χ1) is 6.63. The summed E-state index contributed by atoms with van der Waals surface area (Å²) in [5.41, 5.74) is 6.70. The summed E-state index contributed by atoms with van der Waals surface area (Å²) in [6.07, 6.45) is 0.968. The maximum atomic E-state index is 5.53. The summed E-state index contributed by atoms with van der Waals surface area (Å²) in [6, 6.07) is 0. The zero-order valence-corrected chi connectivity index (χ0v) is 10.7. The van der Waals surface area contributed by atoms with E-state index < -0.39 is 0 Å². The molecule has 0 fully saturated rings. The molecule has 0 atom stereocenters. The fourth-order valence-electron chi connectivity index (χ4n) is 1.15. The van der Waals surface area contributed by atoms with E-state index >= 15 is 0 Å². The molecule has 4 heteroatoms. The fourth-order valence-corrected chi connectivity index (χ4v) is 3.01. The molecular formula is C10H18N2S2. The summed E-state index contributed by atoms with van der Waals surface area (Å²) in [7, 11) is 0. The molecule has 0 aliphatic carbocycles. The summed E-state index contributed by atoms with van der Waals surface area (Å²) >= 11 is 3.76. The lowest BCUT2D eigenvalue weighted by Gasteiger charge is -2.00. The van der Waals surface area contributed by atoms with Crippen LogP contribution in [-0.2, 0) is 12.2 Å². The summed E-state index contributed by atoms with van der Waals surface area (Å²) in [4.78, 5) is 5.90. The smallest absolute Gasteiger partial charge is 0.103 e. The molecule has 1 heterocycles. The van der Waals surface area contributed by atoms with Gasteiger partial charge in [-0.15, -0.1) is 11.3 Å². The van der Waals surface area contributed by atoms with E-state index in [2.05, 4.69) is 25.8 Å². The second-order valence-electron chi connectivity index (χ2n) is 3.51. The third kappa shape index (κ3) is 3.59. The predicted molar refractivity (Wildman–Crippen MR) is 66.0 cm³/mol. The van der Waals surface area contributed by atoms with E-state index in [0.29, 0.717) is 5.25 Å². The van der Waals surface area contributed by atoms with Gasteiger partial charge in [-0.1, -0.05) is 13.8 Å². The van der Waals surface area contributed by atoms with E-state index in [9.17, 15) is 0 Å². The van der Waals surface area contributed by atoms with E-state index in [1.165, 1.54) is 15.6 Å². The molecular weight excluding hydrogens is 212 g/mol. The van der Waals surface area contributed by atoms with Crippen LogP contribution in [0.2, 0.25) is 0 Å². The van der Waals surface area contributed by atoms with Crippen molar-refractivity contribution in [3.8, 4) is 0 Å². The van der Waals surface area contributed by atoms with Crippen molar-refractivity contribution in [1.29, 1.82) is 0 Å². The minimum atomic E-state index is 0.678. The first-order valence-electron chi connectivity index (χ1n) is 4.90. The van der Waals surface area contributed by atoms with Gasteiger partial charge in [-0.2, -0.15) is 11.8 Å². The zero-order valence-electron chi connectivity index (χ0n) is 9.04. The minimum absolute atomic E-state index is 0.678. The number of thiazole rings is 1. The molecule has 1 rings (SSSR count). The van der Waals surface area contributed by atoms with Crippen molar-refractivity contribution in [3.63, 3.8) is 0 Å². The fraction of sp³-hybridized carbons (Fsp3) is 0.700. The van der Waals surface area contributed by atoms with Gasteiger partial charge in [0.25, 0.3) is 0 Å². The Morgan fingerprint density at radius 1 is 1.50 bits per heavy atom. The van der Waals surface area contributed by atoms with Crippen molar-refractivity contribution in [2.45, 2.75) is 38.2 Å². The largest absolute Gasteiger partial charge is 0.330 e. The van der Waals surface area contributed by atoms with Gasteiger partial charge < -0.3 is 5.73 Å². The maximum absolute atomic E-state index is 5.53. The Balaban J connectivity index is 2.56. The first-order valence-corrected chi connectivity index (χ1v) is 6.77. The molecule has 0 aliphatic rings. The minimum Gasteiger partial charge on any atom is -0.330 e. The Bertz CT molecular complexity index is 282. The van der Waals surface area contributed by atoms with E-state index in [1.54, 1.807) is 0 Å². The molecule has 0 aromatic carbocycles. The van der Waals surface area contributed by atoms with Gasteiger partial charge >= 0.3 is 0 Å². The molecule has 0 unspecified atom stereocenters. The van der Waals surface area contributed by atoms with Crippen molar-refractivity contribution in [2.24, 2.45) is 5.73 Å². The Morgan fingerprint density at radius 3 is 2.79 bits per heavy atom. The summed E-state index contributed by atoms with van der Waals surface area (Å²) < 4.78 is 0. The van der Waals surface area contributed by atoms with Crippen molar-refractivity contribution in [2.75, 3.05) is 6.54 Å². The van der Waals surface area contributed by atoms with Gasteiger partial charge in [0.2, 0.25) is 0 Å². The van der Waals surface area contributed by atoms with Crippen LogP contribution in [0.5, 0.6) is 0 Å². The van der Waals surface area contributed by atoms with E-state index in [4.69, 9.17) is 5.73 Å². The topological polar surface area (TPSA) is 38.9 Å². The third-order valence-electron chi connectivity index (χ3n) is 1.85. The highest BCUT2D eigenvalue weighted by Gasteiger charge is 2.07. The lowest BCUT2D eigenvalue weighted by atomic mass is 10.3. The van der Waals surface area contributed by atoms with Crippen molar-refractivity contribution >= 4 is 23.1 Å². The highest BCUT2D eigenvalue weighted by Crippen LogP contribution is 2.24. The normalized spacial score (nSPS) is 11.2. The van der Waals surface area contributed by atoms with Crippen LogP contribution >= 0.6 is 23.1 Å². The summed E-state index contributed by atoms with van der Waals surface area (Å²) in [5, 5.41) is 1.92. The number of nitrogens with zero attached hydrogens (tertiary/aromatic N) is 1. The molecule has 0 saturated carbocycles. The standard InChI is InChI=1S/C10H18N2S2/c1-7(2)13-6-10-12-8(3)9(14-10)4-5-11/h7H,4-6,11H2,1-3H3. The van der Waals surface area contributed by atoms with Crippen LogP contribution in [0.25, 0.3) is 0 Å². The van der Waals surface area contributed by atoms with Crippen molar-refractivity contribution < 1.29 is 0 Å². The van der Waals surface area contributed by atoms with Crippen LogP contribution in [0.3, 0.4) is 0 Å². The number of hydrogen-bond donors (Lipinski definition) is 1. The lowest BCUT2D eigenvalue weighted by molar-refractivity contribution is 0.968. The number of rotatable bonds is 5. The van der Waals surface area contributed by atoms with Crippen LogP contribution in [-0.4, -0.2) is 16.8 Å². The first kappa shape index (κ1) is 12.0. The van der Waals surface area contributed by atoms with Crippen molar-refractivity contribution in [1.82, 2.24) is 4.98 Å². The molecule has 0 radical (unpaired) electrons.